The Balaban J connectivity index is 1.24. The van der Waals surface area contributed by atoms with Crippen LogP contribution >= 0.6 is 0 Å². The Morgan fingerprint density at radius 2 is 1.57 bits per heavy atom. The minimum absolute atomic E-state index is 0.210. The fraction of sp³-hybridized carbons (Fsp3) is 0.310. The zero-order chi connectivity index (χ0) is 24.1. The van der Waals surface area contributed by atoms with Crippen LogP contribution in [-0.2, 0) is 4.84 Å². The lowest BCUT2D eigenvalue weighted by Gasteiger charge is -2.43. The van der Waals surface area contributed by atoms with E-state index in [-0.39, 0.29) is 5.78 Å². The van der Waals surface area contributed by atoms with Gasteiger partial charge in [0.05, 0.1) is 5.69 Å². The van der Waals surface area contributed by atoms with E-state index < -0.39 is 5.72 Å². The number of benzene rings is 3. The summed E-state index contributed by atoms with van der Waals surface area (Å²) in [6.45, 7) is 3.32. The summed E-state index contributed by atoms with van der Waals surface area (Å²) in [6.07, 6.45) is 4.01. The van der Waals surface area contributed by atoms with E-state index in [9.17, 15) is 9.59 Å². The summed E-state index contributed by atoms with van der Waals surface area (Å²) < 4.78 is 0. The Morgan fingerprint density at radius 1 is 0.886 bits per heavy atom. The smallest absolute Gasteiger partial charge is 0.172 e. The highest BCUT2D eigenvalue weighted by atomic mass is 16.7. The monoisotopic (exact) mass is 469 g/mol. The maximum atomic E-state index is 12.4. The van der Waals surface area contributed by atoms with E-state index in [2.05, 4.69) is 34.1 Å². The minimum Gasteiger partial charge on any atom is -0.321 e. The quantitative estimate of drug-likeness (QED) is 0.335. The first-order chi connectivity index (χ1) is 17.2. The molecule has 0 saturated carbocycles. The van der Waals surface area contributed by atoms with Crippen LogP contribution in [0.15, 0.2) is 84.9 Å². The second kappa shape index (κ2) is 10.4. The van der Waals surface area contributed by atoms with E-state index in [4.69, 9.17) is 4.84 Å². The van der Waals surface area contributed by atoms with Crippen LogP contribution in [0.5, 0.6) is 0 Å². The van der Waals surface area contributed by atoms with Gasteiger partial charge in [0.2, 0.25) is 0 Å². The molecule has 5 rings (SSSR count). The van der Waals surface area contributed by atoms with Gasteiger partial charge in [0.15, 0.2) is 11.5 Å². The number of aldehydes is 1. The molecule has 0 radical (unpaired) electrons. The Kier molecular flexibility index (Phi) is 6.93. The fourth-order valence-electron chi connectivity index (χ4n) is 5.07. The maximum absolute atomic E-state index is 12.4. The second-order valence-corrected chi connectivity index (χ2v) is 9.27. The first-order valence-corrected chi connectivity index (χ1v) is 12.3. The number of hydroxylamine groups is 1. The van der Waals surface area contributed by atoms with E-state index >= 15 is 0 Å². The van der Waals surface area contributed by atoms with E-state index in [1.807, 2.05) is 59.7 Å². The summed E-state index contributed by atoms with van der Waals surface area (Å²) in [5, 5.41) is 1.91. The highest BCUT2D eigenvalue weighted by Gasteiger charge is 2.48. The van der Waals surface area contributed by atoms with E-state index in [0.717, 1.165) is 62.1 Å². The molecule has 3 aromatic rings. The molecular weight excluding hydrogens is 438 g/mol. The Bertz CT molecular complexity index is 1140. The van der Waals surface area contributed by atoms with Crippen LogP contribution in [0.4, 0.5) is 11.4 Å². The van der Waals surface area contributed by atoms with Crippen molar-refractivity contribution in [3.8, 4) is 0 Å². The molecule has 0 atom stereocenters. The lowest BCUT2D eigenvalue weighted by molar-refractivity contribution is -0.0541. The largest absolute Gasteiger partial charge is 0.321 e. The number of ketones is 1. The standard InChI is InChI=1S/C29H31N3O3/c33-22-24-9-7-14-27(21-24)32-23-31(26-12-5-2-6-13-26)29(35-32)16-19-30(20-17-29)18-8-15-28(34)25-10-3-1-4-11-25/h1-7,9-14,21-22H,8,15-20,23H2. The number of carbonyl (C=O) groups excluding carboxylic acids is 2. The summed E-state index contributed by atoms with van der Waals surface area (Å²) >= 11 is 0. The summed E-state index contributed by atoms with van der Waals surface area (Å²) in [6, 6.07) is 27.5. The third-order valence-corrected chi connectivity index (χ3v) is 7.02. The van der Waals surface area contributed by atoms with Gasteiger partial charge in [-0.3, -0.25) is 9.59 Å². The Hall–Kier alpha value is -3.48. The fourth-order valence-corrected chi connectivity index (χ4v) is 5.07. The van der Waals surface area contributed by atoms with Crippen LogP contribution in [0.1, 0.15) is 46.4 Å². The van der Waals surface area contributed by atoms with Crippen molar-refractivity contribution in [2.45, 2.75) is 31.4 Å². The van der Waals surface area contributed by atoms with Crippen LogP contribution in [0.25, 0.3) is 0 Å². The molecule has 2 saturated heterocycles. The van der Waals surface area contributed by atoms with Crippen molar-refractivity contribution in [1.29, 1.82) is 0 Å². The molecule has 0 amide bonds. The lowest BCUT2D eigenvalue weighted by atomic mass is 9.97. The van der Waals surface area contributed by atoms with Gasteiger partial charge in [-0.25, -0.2) is 9.90 Å². The van der Waals surface area contributed by atoms with Crippen molar-refractivity contribution in [3.63, 3.8) is 0 Å². The Morgan fingerprint density at radius 3 is 2.29 bits per heavy atom. The van der Waals surface area contributed by atoms with Gasteiger partial charge >= 0.3 is 0 Å². The van der Waals surface area contributed by atoms with Crippen LogP contribution in [0.3, 0.4) is 0 Å². The van der Waals surface area contributed by atoms with Gasteiger partial charge in [-0.2, -0.15) is 0 Å². The molecule has 180 valence electrons. The predicted octanol–water partition coefficient (Wildman–Crippen LogP) is 5.17. The zero-order valence-corrected chi connectivity index (χ0v) is 19.9. The summed E-state index contributed by atoms with van der Waals surface area (Å²) in [4.78, 5) is 35.2. The first-order valence-electron chi connectivity index (χ1n) is 12.3. The van der Waals surface area contributed by atoms with Crippen LogP contribution < -0.4 is 9.96 Å². The molecule has 6 heteroatoms. The molecule has 2 aliphatic rings. The lowest BCUT2D eigenvalue weighted by Crippen LogP contribution is -2.53. The molecule has 35 heavy (non-hydrogen) atoms. The summed E-state index contributed by atoms with van der Waals surface area (Å²) in [5.41, 5.74) is 3.01. The molecular formula is C29H31N3O3. The molecule has 2 fully saturated rings. The number of anilines is 2. The highest BCUT2D eigenvalue weighted by molar-refractivity contribution is 5.95. The number of hydrogen-bond donors (Lipinski definition) is 0. The van der Waals surface area contributed by atoms with Crippen molar-refractivity contribution in [1.82, 2.24) is 4.90 Å². The molecule has 3 aromatic carbocycles. The van der Waals surface area contributed by atoms with Crippen molar-refractivity contribution < 1.29 is 14.4 Å². The molecule has 0 N–H and O–H groups in total. The van der Waals surface area contributed by atoms with Gasteiger partial charge in [-0.1, -0.05) is 60.7 Å². The number of carbonyl (C=O) groups is 2. The second-order valence-electron chi connectivity index (χ2n) is 9.27. The maximum Gasteiger partial charge on any atom is 0.172 e. The average Bonchev–Trinajstić information content (AvgIpc) is 3.29. The summed E-state index contributed by atoms with van der Waals surface area (Å²) in [5.74, 6) is 0.210. The number of likely N-dealkylation sites (tertiary alicyclic amines) is 1. The number of nitrogens with zero attached hydrogens (tertiary/aromatic N) is 3. The first kappa shape index (κ1) is 23.3. The van der Waals surface area contributed by atoms with E-state index in [0.29, 0.717) is 18.7 Å². The predicted molar refractivity (Wildman–Crippen MR) is 138 cm³/mol. The van der Waals surface area contributed by atoms with Gasteiger partial charge in [0.1, 0.15) is 13.0 Å². The third-order valence-electron chi connectivity index (χ3n) is 7.02. The summed E-state index contributed by atoms with van der Waals surface area (Å²) in [7, 11) is 0. The average molecular weight is 470 g/mol. The van der Waals surface area contributed by atoms with Gasteiger partial charge < -0.3 is 9.80 Å². The van der Waals surface area contributed by atoms with Crippen LogP contribution in [0, 0.1) is 0 Å². The topological polar surface area (TPSA) is 53.1 Å². The molecule has 6 nitrogen and oxygen atoms in total. The van der Waals surface area contributed by atoms with Gasteiger partial charge in [0.25, 0.3) is 0 Å². The number of rotatable bonds is 8. The van der Waals surface area contributed by atoms with Crippen molar-refractivity contribution in [2.24, 2.45) is 0 Å². The van der Waals surface area contributed by atoms with E-state index in [1.54, 1.807) is 6.07 Å². The van der Waals surface area contributed by atoms with Gasteiger partial charge in [0, 0.05) is 49.2 Å². The molecule has 2 aliphatic heterocycles. The van der Waals surface area contributed by atoms with Crippen LogP contribution in [-0.4, -0.2) is 49.0 Å². The SMILES string of the molecule is O=Cc1cccc(N2CN(c3ccccc3)C3(CCN(CCCC(=O)c4ccccc4)CC3)O2)c1. The third kappa shape index (κ3) is 5.14. The number of piperidine rings is 1. The molecule has 1 spiro atoms. The molecule has 0 aliphatic carbocycles. The Labute approximate surface area is 206 Å². The number of Topliss-reactive ketones (excluding diaryl/α,β-unsaturated/α-hetero) is 1. The molecule has 0 unspecified atom stereocenters. The number of hydrogen-bond acceptors (Lipinski definition) is 6. The highest BCUT2D eigenvalue weighted by Crippen LogP contribution is 2.41. The zero-order valence-electron chi connectivity index (χ0n) is 19.9. The van der Waals surface area contributed by atoms with Crippen molar-refractivity contribution >= 4 is 23.4 Å². The molecule has 0 bridgehead atoms. The van der Waals surface area contributed by atoms with E-state index in [1.165, 1.54) is 0 Å². The van der Waals surface area contributed by atoms with Gasteiger partial charge in [-0.05, 0) is 37.2 Å². The van der Waals surface area contributed by atoms with Crippen molar-refractivity contribution in [3.05, 3.63) is 96.1 Å². The normalized spacial score (nSPS) is 17.6. The molecule has 0 aromatic heterocycles. The van der Waals surface area contributed by atoms with Crippen molar-refractivity contribution in [2.75, 3.05) is 36.3 Å². The molecule has 2 heterocycles. The van der Waals surface area contributed by atoms with Crippen LogP contribution in [0.2, 0.25) is 0 Å². The minimum atomic E-state index is -0.436. The van der Waals surface area contributed by atoms with Gasteiger partial charge in [-0.15, -0.1) is 0 Å². The number of para-hydroxylation sites is 1.